The summed E-state index contributed by atoms with van der Waals surface area (Å²) in [4.78, 5) is 18.7. The third-order valence-corrected chi connectivity index (χ3v) is 3.02. The van der Waals surface area contributed by atoms with Crippen LogP contribution in [0.15, 0.2) is 5.51 Å². The van der Waals surface area contributed by atoms with E-state index >= 15 is 0 Å². The molecule has 0 aliphatic carbocycles. The molecule has 0 saturated carbocycles. The smallest absolute Gasteiger partial charge is 0.265 e. The van der Waals surface area contributed by atoms with Gasteiger partial charge >= 0.3 is 0 Å². The fourth-order valence-corrected chi connectivity index (χ4v) is 2.37. The Labute approximate surface area is 96.3 Å². The van der Waals surface area contributed by atoms with Crippen molar-refractivity contribution in [2.75, 3.05) is 13.6 Å². The summed E-state index contributed by atoms with van der Waals surface area (Å²) in [6.07, 6.45) is 0. The molecule has 14 heavy (non-hydrogen) atoms. The van der Waals surface area contributed by atoms with Crippen molar-refractivity contribution in [3.05, 3.63) is 16.1 Å². The Kier molecular flexibility index (Phi) is 4.07. The number of aryl methyl sites for hydroxylation is 1. The van der Waals surface area contributed by atoms with Gasteiger partial charge in [0.25, 0.3) is 5.91 Å². The van der Waals surface area contributed by atoms with Gasteiger partial charge in [-0.25, -0.2) is 4.98 Å². The predicted octanol–water partition coefficient (Wildman–Crippen LogP) is 2.31. The fraction of sp³-hybridized carbons (Fsp3) is 0.556. The van der Waals surface area contributed by atoms with Gasteiger partial charge in [0.15, 0.2) is 0 Å². The van der Waals surface area contributed by atoms with Crippen molar-refractivity contribution < 1.29 is 4.79 Å². The van der Waals surface area contributed by atoms with Crippen LogP contribution in [0.2, 0.25) is 0 Å². The van der Waals surface area contributed by atoms with E-state index in [1.54, 1.807) is 17.5 Å². The SMILES string of the molecule is Cc1ncsc1C(=O)N(C)CC(C)Br. The molecular formula is C9H13BrN2OS. The van der Waals surface area contributed by atoms with Gasteiger partial charge in [-0.1, -0.05) is 22.9 Å². The average molecular weight is 277 g/mol. The summed E-state index contributed by atoms with van der Waals surface area (Å²) in [5.74, 6) is 0.0521. The second-order valence-corrected chi connectivity index (χ2v) is 5.65. The lowest BCUT2D eigenvalue weighted by atomic mass is 10.3. The second-order valence-electron chi connectivity index (χ2n) is 3.23. The number of nitrogens with zero attached hydrogens (tertiary/aromatic N) is 2. The van der Waals surface area contributed by atoms with Gasteiger partial charge in [-0.05, 0) is 6.92 Å². The van der Waals surface area contributed by atoms with Gasteiger partial charge in [0, 0.05) is 18.4 Å². The zero-order chi connectivity index (χ0) is 10.7. The van der Waals surface area contributed by atoms with Crippen molar-refractivity contribution in [2.45, 2.75) is 18.7 Å². The van der Waals surface area contributed by atoms with E-state index in [4.69, 9.17) is 0 Å². The molecule has 0 bridgehead atoms. The van der Waals surface area contributed by atoms with Crippen LogP contribution in [0, 0.1) is 6.92 Å². The van der Waals surface area contributed by atoms with Gasteiger partial charge in [-0.2, -0.15) is 0 Å². The van der Waals surface area contributed by atoms with Crippen LogP contribution in [-0.4, -0.2) is 34.2 Å². The van der Waals surface area contributed by atoms with Gasteiger partial charge in [0.05, 0.1) is 11.2 Å². The standard InChI is InChI=1S/C9H13BrN2OS/c1-6(10)4-12(3)9(13)8-7(2)11-5-14-8/h5-6H,4H2,1-3H3. The highest BCUT2D eigenvalue weighted by atomic mass is 79.9. The monoisotopic (exact) mass is 276 g/mol. The Balaban J connectivity index is 2.71. The summed E-state index contributed by atoms with van der Waals surface area (Å²) in [5.41, 5.74) is 2.52. The summed E-state index contributed by atoms with van der Waals surface area (Å²) in [6, 6.07) is 0. The zero-order valence-electron chi connectivity index (χ0n) is 8.45. The van der Waals surface area contributed by atoms with Gasteiger partial charge in [0.1, 0.15) is 4.88 Å². The molecule has 1 aromatic heterocycles. The number of amides is 1. The molecule has 0 aliphatic rings. The Hall–Kier alpha value is -0.420. The molecule has 1 atom stereocenters. The van der Waals surface area contributed by atoms with Crippen molar-refractivity contribution in [3.8, 4) is 0 Å². The Morgan fingerprint density at radius 3 is 2.86 bits per heavy atom. The highest BCUT2D eigenvalue weighted by Crippen LogP contribution is 2.15. The minimum absolute atomic E-state index is 0.0521. The molecule has 0 radical (unpaired) electrons. The molecule has 1 amide bonds. The molecule has 78 valence electrons. The molecule has 1 heterocycles. The normalized spacial score (nSPS) is 12.6. The summed E-state index contributed by atoms with van der Waals surface area (Å²) >= 11 is 4.81. The molecule has 1 aromatic rings. The molecular weight excluding hydrogens is 264 g/mol. The van der Waals surface area contributed by atoms with Gasteiger partial charge in [-0.15, -0.1) is 11.3 Å². The number of aromatic nitrogens is 1. The van der Waals surface area contributed by atoms with E-state index in [2.05, 4.69) is 20.9 Å². The minimum Gasteiger partial charge on any atom is -0.340 e. The first-order chi connectivity index (χ1) is 6.52. The largest absolute Gasteiger partial charge is 0.340 e. The van der Waals surface area contributed by atoms with Crippen LogP contribution in [0.25, 0.3) is 0 Å². The zero-order valence-corrected chi connectivity index (χ0v) is 10.9. The van der Waals surface area contributed by atoms with Crippen molar-refractivity contribution in [3.63, 3.8) is 0 Å². The maximum atomic E-state index is 11.8. The first kappa shape index (κ1) is 11.7. The summed E-state index contributed by atoms with van der Waals surface area (Å²) < 4.78 is 0. The van der Waals surface area contributed by atoms with Crippen LogP contribution in [0.5, 0.6) is 0 Å². The Morgan fingerprint density at radius 1 is 1.79 bits per heavy atom. The Morgan fingerprint density at radius 2 is 2.43 bits per heavy atom. The van der Waals surface area contributed by atoms with Crippen molar-refractivity contribution in [2.24, 2.45) is 0 Å². The van der Waals surface area contributed by atoms with Gasteiger partial charge in [-0.3, -0.25) is 4.79 Å². The third-order valence-electron chi connectivity index (χ3n) is 1.81. The summed E-state index contributed by atoms with van der Waals surface area (Å²) in [6.45, 7) is 4.58. The second kappa shape index (κ2) is 4.89. The molecule has 3 nitrogen and oxygen atoms in total. The van der Waals surface area contributed by atoms with Crippen molar-refractivity contribution >= 4 is 33.2 Å². The molecule has 1 rings (SSSR count). The molecule has 0 spiro atoms. The molecule has 0 aliphatic heterocycles. The number of carbonyl (C=O) groups is 1. The van der Waals surface area contributed by atoms with E-state index in [1.807, 2.05) is 13.8 Å². The highest BCUT2D eigenvalue weighted by molar-refractivity contribution is 9.09. The first-order valence-electron chi connectivity index (χ1n) is 4.32. The van der Waals surface area contributed by atoms with Crippen LogP contribution in [0.4, 0.5) is 0 Å². The number of rotatable bonds is 3. The number of alkyl halides is 1. The number of carbonyl (C=O) groups excluding carboxylic acids is 1. The average Bonchev–Trinajstić information content (AvgIpc) is 2.48. The Bertz CT molecular complexity index is 324. The van der Waals surface area contributed by atoms with Crippen LogP contribution >= 0.6 is 27.3 Å². The van der Waals surface area contributed by atoms with Crippen LogP contribution in [-0.2, 0) is 0 Å². The number of hydrogen-bond donors (Lipinski definition) is 0. The number of hydrogen-bond acceptors (Lipinski definition) is 3. The highest BCUT2D eigenvalue weighted by Gasteiger charge is 2.17. The van der Waals surface area contributed by atoms with E-state index in [9.17, 15) is 4.79 Å². The lowest BCUT2D eigenvalue weighted by Crippen LogP contribution is -2.31. The predicted molar refractivity (Wildman–Crippen MR) is 62.2 cm³/mol. The van der Waals surface area contributed by atoms with E-state index in [1.165, 1.54) is 11.3 Å². The fourth-order valence-electron chi connectivity index (χ4n) is 1.14. The van der Waals surface area contributed by atoms with Crippen LogP contribution < -0.4 is 0 Å². The van der Waals surface area contributed by atoms with Crippen molar-refractivity contribution in [1.82, 2.24) is 9.88 Å². The van der Waals surface area contributed by atoms with E-state index in [0.717, 1.165) is 10.6 Å². The minimum atomic E-state index is 0.0521. The number of halogens is 1. The lowest BCUT2D eigenvalue weighted by Gasteiger charge is -2.17. The van der Waals surface area contributed by atoms with E-state index in [-0.39, 0.29) is 5.91 Å². The van der Waals surface area contributed by atoms with Crippen molar-refractivity contribution in [1.29, 1.82) is 0 Å². The number of thiazole rings is 1. The maximum Gasteiger partial charge on any atom is 0.265 e. The molecule has 0 saturated heterocycles. The molecule has 0 fully saturated rings. The molecule has 0 aromatic carbocycles. The third kappa shape index (κ3) is 2.78. The first-order valence-corrected chi connectivity index (χ1v) is 6.11. The summed E-state index contributed by atoms with van der Waals surface area (Å²) in [7, 11) is 1.80. The molecule has 0 N–H and O–H groups in total. The lowest BCUT2D eigenvalue weighted by molar-refractivity contribution is 0.0801. The maximum absolute atomic E-state index is 11.8. The van der Waals surface area contributed by atoms with Gasteiger partial charge in [0.2, 0.25) is 0 Å². The van der Waals surface area contributed by atoms with E-state index in [0.29, 0.717) is 11.4 Å². The molecule has 5 heteroatoms. The summed E-state index contributed by atoms with van der Waals surface area (Å²) in [5, 5.41) is 0. The van der Waals surface area contributed by atoms with E-state index < -0.39 is 0 Å². The van der Waals surface area contributed by atoms with Crippen LogP contribution in [0.3, 0.4) is 0 Å². The quantitative estimate of drug-likeness (QED) is 0.794. The molecule has 1 unspecified atom stereocenters. The van der Waals surface area contributed by atoms with Gasteiger partial charge < -0.3 is 4.90 Å². The topological polar surface area (TPSA) is 33.2 Å². The van der Waals surface area contributed by atoms with Crippen LogP contribution in [0.1, 0.15) is 22.3 Å².